The fourth-order valence-electron chi connectivity index (χ4n) is 1.90. The number of benzene rings is 1. The molecule has 0 saturated heterocycles. The molecule has 20 heavy (non-hydrogen) atoms. The topological polar surface area (TPSA) is 46.9 Å². The van der Waals surface area contributed by atoms with Gasteiger partial charge >= 0.3 is 0 Å². The zero-order valence-corrected chi connectivity index (χ0v) is 12.4. The fraction of sp³-hybridized carbons (Fsp3) is 0.200. The smallest absolute Gasteiger partial charge is 0.248 e. The SMILES string of the molecule is Cc1cccc(NC(=O)/C=C/c2c(C)nn(C)c2Cl)c1. The van der Waals surface area contributed by atoms with Crippen molar-refractivity contribution in [3.63, 3.8) is 0 Å². The van der Waals surface area contributed by atoms with E-state index in [2.05, 4.69) is 10.4 Å². The average molecular weight is 290 g/mol. The highest BCUT2D eigenvalue weighted by Gasteiger charge is 2.08. The number of nitrogens with zero attached hydrogens (tertiary/aromatic N) is 2. The minimum atomic E-state index is -0.199. The Balaban J connectivity index is 2.10. The van der Waals surface area contributed by atoms with Gasteiger partial charge in [-0.2, -0.15) is 5.10 Å². The number of anilines is 1. The van der Waals surface area contributed by atoms with Gasteiger partial charge in [-0.25, -0.2) is 0 Å². The van der Waals surface area contributed by atoms with Crippen molar-refractivity contribution in [3.8, 4) is 0 Å². The Kier molecular flexibility index (Phi) is 4.25. The van der Waals surface area contributed by atoms with Crippen molar-refractivity contribution in [3.05, 3.63) is 52.3 Å². The fourth-order valence-corrected chi connectivity index (χ4v) is 2.14. The van der Waals surface area contributed by atoms with Crippen LogP contribution in [0.5, 0.6) is 0 Å². The van der Waals surface area contributed by atoms with Crippen molar-refractivity contribution in [1.29, 1.82) is 0 Å². The van der Waals surface area contributed by atoms with E-state index in [4.69, 9.17) is 11.6 Å². The van der Waals surface area contributed by atoms with Gasteiger partial charge in [-0.3, -0.25) is 9.48 Å². The monoisotopic (exact) mass is 289 g/mol. The summed E-state index contributed by atoms with van der Waals surface area (Å²) in [6, 6.07) is 7.64. The van der Waals surface area contributed by atoms with Gasteiger partial charge in [0, 0.05) is 24.4 Å². The highest BCUT2D eigenvalue weighted by molar-refractivity contribution is 6.31. The number of halogens is 1. The molecule has 4 nitrogen and oxygen atoms in total. The summed E-state index contributed by atoms with van der Waals surface area (Å²) in [6.07, 6.45) is 3.13. The number of hydrogen-bond donors (Lipinski definition) is 1. The van der Waals surface area contributed by atoms with Gasteiger partial charge < -0.3 is 5.32 Å². The standard InChI is InChI=1S/C15H16ClN3O/c1-10-5-4-6-12(9-10)17-14(20)8-7-13-11(2)18-19(3)15(13)16/h4-9H,1-3H3,(H,17,20)/b8-7+. The van der Waals surface area contributed by atoms with Crippen LogP contribution in [0.4, 0.5) is 5.69 Å². The molecule has 0 aliphatic rings. The van der Waals surface area contributed by atoms with E-state index in [0.29, 0.717) is 5.15 Å². The van der Waals surface area contributed by atoms with Crippen LogP contribution < -0.4 is 5.32 Å². The van der Waals surface area contributed by atoms with Gasteiger partial charge in [0.1, 0.15) is 5.15 Å². The lowest BCUT2D eigenvalue weighted by atomic mass is 10.2. The Morgan fingerprint density at radius 2 is 2.15 bits per heavy atom. The summed E-state index contributed by atoms with van der Waals surface area (Å²) in [5.41, 5.74) is 3.41. The highest BCUT2D eigenvalue weighted by Crippen LogP contribution is 2.20. The van der Waals surface area contributed by atoms with Crippen LogP contribution in [-0.2, 0) is 11.8 Å². The van der Waals surface area contributed by atoms with Crippen molar-refractivity contribution in [2.75, 3.05) is 5.32 Å². The molecule has 1 aromatic carbocycles. The van der Waals surface area contributed by atoms with Gasteiger partial charge in [0.2, 0.25) is 5.91 Å². The summed E-state index contributed by atoms with van der Waals surface area (Å²) in [5, 5.41) is 7.50. The summed E-state index contributed by atoms with van der Waals surface area (Å²) in [5.74, 6) is -0.199. The van der Waals surface area contributed by atoms with Crippen molar-refractivity contribution >= 4 is 29.3 Å². The molecule has 0 aliphatic carbocycles. The Morgan fingerprint density at radius 3 is 2.75 bits per heavy atom. The molecule has 0 fully saturated rings. The van der Waals surface area contributed by atoms with Crippen molar-refractivity contribution in [1.82, 2.24) is 9.78 Å². The van der Waals surface area contributed by atoms with Crippen LogP contribution in [0.25, 0.3) is 6.08 Å². The Hall–Kier alpha value is -2.07. The van der Waals surface area contributed by atoms with E-state index in [9.17, 15) is 4.79 Å². The van der Waals surface area contributed by atoms with Gasteiger partial charge in [-0.1, -0.05) is 23.7 Å². The lowest BCUT2D eigenvalue weighted by molar-refractivity contribution is -0.111. The number of amides is 1. The number of aryl methyl sites for hydroxylation is 3. The zero-order chi connectivity index (χ0) is 14.7. The molecule has 1 heterocycles. The zero-order valence-electron chi connectivity index (χ0n) is 11.6. The average Bonchev–Trinajstić information content (AvgIpc) is 2.61. The van der Waals surface area contributed by atoms with Crippen molar-refractivity contribution in [2.45, 2.75) is 13.8 Å². The number of carbonyl (C=O) groups is 1. The van der Waals surface area contributed by atoms with Gasteiger partial charge in [0.25, 0.3) is 0 Å². The van der Waals surface area contributed by atoms with Gasteiger partial charge in [-0.05, 0) is 37.6 Å². The molecule has 0 saturated carbocycles. The van der Waals surface area contributed by atoms with Crippen LogP contribution in [0, 0.1) is 13.8 Å². The Bertz CT molecular complexity index is 674. The van der Waals surface area contributed by atoms with Crippen LogP contribution in [0.15, 0.2) is 30.3 Å². The van der Waals surface area contributed by atoms with Gasteiger partial charge in [-0.15, -0.1) is 0 Å². The van der Waals surface area contributed by atoms with Crippen molar-refractivity contribution in [2.24, 2.45) is 7.05 Å². The number of nitrogens with one attached hydrogen (secondary N) is 1. The minimum absolute atomic E-state index is 0.199. The second kappa shape index (κ2) is 5.92. The molecule has 1 aromatic heterocycles. The predicted molar refractivity (Wildman–Crippen MR) is 81.8 cm³/mol. The maximum atomic E-state index is 11.9. The largest absolute Gasteiger partial charge is 0.323 e. The van der Waals surface area contributed by atoms with E-state index in [1.54, 1.807) is 17.8 Å². The predicted octanol–water partition coefficient (Wildman–Crippen LogP) is 3.34. The van der Waals surface area contributed by atoms with Crippen LogP contribution >= 0.6 is 11.6 Å². The molecule has 0 spiro atoms. The minimum Gasteiger partial charge on any atom is -0.323 e. The molecule has 1 N–H and O–H groups in total. The maximum Gasteiger partial charge on any atom is 0.248 e. The van der Waals surface area contributed by atoms with E-state index in [0.717, 1.165) is 22.5 Å². The molecule has 0 unspecified atom stereocenters. The number of hydrogen-bond acceptors (Lipinski definition) is 2. The van der Waals surface area contributed by atoms with Crippen LogP contribution in [0.1, 0.15) is 16.8 Å². The van der Waals surface area contributed by atoms with E-state index >= 15 is 0 Å². The highest BCUT2D eigenvalue weighted by atomic mass is 35.5. The maximum absolute atomic E-state index is 11.9. The van der Waals surface area contributed by atoms with Gasteiger partial charge in [0.05, 0.1) is 5.69 Å². The molecule has 0 aliphatic heterocycles. The lowest BCUT2D eigenvalue weighted by Gasteiger charge is -2.02. The molecular formula is C15H16ClN3O. The van der Waals surface area contributed by atoms with E-state index in [1.807, 2.05) is 38.1 Å². The molecule has 5 heteroatoms. The summed E-state index contributed by atoms with van der Waals surface area (Å²) < 4.78 is 1.58. The summed E-state index contributed by atoms with van der Waals surface area (Å²) in [6.45, 7) is 3.83. The number of aromatic nitrogens is 2. The first-order valence-electron chi connectivity index (χ1n) is 6.22. The molecule has 0 bridgehead atoms. The van der Waals surface area contributed by atoms with E-state index in [-0.39, 0.29) is 5.91 Å². The van der Waals surface area contributed by atoms with Crippen LogP contribution in [-0.4, -0.2) is 15.7 Å². The van der Waals surface area contributed by atoms with Gasteiger partial charge in [0.15, 0.2) is 0 Å². The Morgan fingerprint density at radius 1 is 1.40 bits per heavy atom. The third-order valence-electron chi connectivity index (χ3n) is 2.88. The number of carbonyl (C=O) groups excluding carboxylic acids is 1. The summed E-state index contributed by atoms with van der Waals surface area (Å²) in [7, 11) is 1.76. The third kappa shape index (κ3) is 3.27. The first-order chi connectivity index (χ1) is 9.47. The molecule has 1 amide bonds. The second-order valence-electron chi connectivity index (χ2n) is 4.61. The molecule has 0 radical (unpaired) electrons. The molecular weight excluding hydrogens is 274 g/mol. The normalized spacial score (nSPS) is 11.0. The van der Waals surface area contributed by atoms with Crippen LogP contribution in [0.2, 0.25) is 5.15 Å². The molecule has 0 atom stereocenters. The first kappa shape index (κ1) is 14.3. The lowest BCUT2D eigenvalue weighted by Crippen LogP contribution is -2.07. The number of rotatable bonds is 3. The quantitative estimate of drug-likeness (QED) is 0.881. The summed E-state index contributed by atoms with van der Waals surface area (Å²) >= 11 is 6.10. The van der Waals surface area contributed by atoms with E-state index in [1.165, 1.54) is 6.08 Å². The Labute approximate surface area is 123 Å². The molecule has 104 valence electrons. The second-order valence-corrected chi connectivity index (χ2v) is 4.96. The first-order valence-corrected chi connectivity index (χ1v) is 6.60. The summed E-state index contributed by atoms with van der Waals surface area (Å²) in [4.78, 5) is 11.9. The van der Waals surface area contributed by atoms with Crippen molar-refractivity contribution < 1.29 is 4.79 Å². The third-order valence-corrected chi connectivity index (χ3v) is 3.33. The molecule has 2 aromatic rings. The van der Waals surface area contributed by atoms with Crippen LogP contribution in [0.3, 0.4) is 0 Å². The molecule has 2 rings (SSSR count). The van der Waals surface area contributed by atoms with E-state index < -0.39 is 0 Å².